The zero-order chi connectivity index (χ0) is 25.9. The molecule has 3 heterocycles. The lowest BCUT2D eigenvalue weighted by Gasteiger charge is -2.36. The van der Waals surface area contributed by atoms with Crippen LogP contribution in [0.5, 0.6) is 0 Å². The summed E-state index contributed by atoms with van der Waals surface area (Å²) in [6.45, 7) is 2.04. The molecule has 2 unspecified atom stereocenters. The molecule has 0 spiro atoms. The Bertz CT molecular complexity index is 1210. The van der Waals surface area contributed by atoms with Crippen molar-refractivity contribution in [2.45, 2.75) is 31.3 Å². The lowest BCUT2D eigenvalue weighted by molar-refractivity contribution is -0.125. The monoisotopic (exact) mass is 538 g/mol. The number of carbonyl (C=O) groups is 2. The average molecular weight is 539 g/mol. The summed E-state index contributed by atoms with van der Waals surface area (Å²) in [5.74, 6) is -0.603. The van der Waals surface area contributed by atoms with Gasteiger partial charge in [0.2, 0.25) is 11.8 Å². The molecule has 36 heavy (non-hydrogen) atoms. The summed E-state index contributed by atoms with van der Waals surface area (Å²) in [5.41, 5.74) is 0.216. The predicted molar refractivity (Wildman–Crippen MR) is 134 cm³/mol. The molecule has 2 aliphatic rings. The number of benzene rings is 1. The molecule has 3 N–H and O–H groups in total. The maximum atomic E-state index is 13.4. The first kappa shape index (κ1) is 26.3. The summed E-state index contributed by atoms with van der Waals surface area (Å²) in [4.78, 5) is 32.3. The van der Waals surface area contributed by atoms with Gasteiger partial charge >= 0.3 is 0 Å². The molecule has 4 rings (SSSR count). The van der Waals surface area contributed by atoms with Crippen molar-refractivity contribution in [2.75, 3.05) is 36.9 Å². The summed E-state index contributed by atoms with van der Waals surface area (Å²) >= 11 is 5.76. The zero-order valence-corrected chi connectivity index (χ0v) is 21.2. The Hall–Kier alpha value is -2.80. The number of nitrogens with zero attached hydrogens (tertiary/aromatic N) is 3. The summed E-state index contributed by atoms with van der Waals surface area (Å²) in [6.07, 6.45) is 3.41. The number of likely N-dealkylation sites (N-methyl/N-ethyl adjacent to an activating group) is 1. The van der Waals surface area contributed by atoms with E-state index in [0.29, 0.717) is 6.54 Å². The van der Waals surface area contributed by atoms with Crippen LogP contribution in [0.1, 0.15) is 19.3 Å². The second-order valence-electron chi connectivity index (χ2n) is 8.92. The maximum Gasteiger partial charge on any atom is 0.280 e. The summed E-state index contributed by atoms with van der Waals surface area (Å²) in [5, 5.41) is 5.21. The Morgan fingerprint density at radius 2 is 1.94 bits per heavy atom. The average Bonchev–Trinajstić information content (AvgIpc) is 2.87. The van der Waals surface area contributed by atoms with Crippen LogP contribution in [0.3, 0.4) is 0 Å². The van der Waals surface area contributed by atoms with Gasteiger partial charge in [-0.15, -0.1) is 0 Å². The fraction of sp³-hybridized carbons (Fsp3) is 0.435. The molecule has 0 saturated carbocycles. The van der Waals surface area contributed by atoms with Crippen LogP contribution in [-0.2, 0) is 19.8 Å². The number of anilines is 2. The number of aromatic nitrogens is 1. The van der Waals surface area contributed by atoms with E-state index in [9.17, 15) is 22.4 Å². The van der Waals surface area contributed by atoms with Gasteiger partial charge in [0, 0.05) is 38.6 Å². The van der Waals surface area contributed by atoms with Crippen LogP contribution >= 0.6 is 11.6 Å². The number of halogens is 2. The van der Waals surface area contributed by atoms with E-state index in [4.69, 9.17) is 11.6 Å². The third-order valence-corrected chi connectivity index (χ3v) is 8.41. The highest BCUT2D eigenvalue weighted by Gasteiger charge is 2.42. The van der Waals surface area contributed by atoms with Crippen molar-refractivity contribution in [3.05, 3.63) is 53.4 Å². The van der Waals surface area contributed by atoms with Gasteiger partial charge in [-0.2, -0.15) is 17.4 Å². The molecular formula is C23H28ClFN6O4S. The maximum absolute atomic E-state index is 13.4. The number of rotatable bonds is 6. The van der Waals surface area contributed by atoms with Gasteiger partial charge in [0.25, 0.3) is 10.2 Å². The molecule has 2 aromatic rings. The van der Waals surface area contributed by atoms with Crippen LogP contribution in [0.4, 0.5) is 15.9 Å². The minimum absolute atomic E-state index is 0.0690. The van der Waals surface area contributed by atoms with Crippen LogP contribution in [0.15, 0.2) is 42.6 Å². The van der Waals surface area contributed by atoms with Gasteiger partial charge in [-0.3, -0.25) is 9.59 Å². The molecule has 10 nitrogen and oxygen atoms in total. The molecule has 2 saturated heterocycles. The number of pyridine rings is 1. The van der Waals surface area contributed by atoms with Gasteiger partial charge in [0.1, 0.15) is 23.7 Å². The number of amides is 2. The number of hydrogen-bond donors (Lipinski definition) is 3. The number of carbonyl (C=O) groups excluding carboxylic acids is 2. The molecule has 194 valence electrons. The SMILES string of the molecule is CN1C(C(=O)Nc2ccc(F)c(Cl)c2)CC(C(=O)NCC2CCN(c3ccccn3)CC2)NS1(=O)=O. The minimum atomic E-state index is -4.08. The molecule has 0 bridgehead atoms. The van der Waals surface area contributed by atoms with Crippen LogP contribution < -0.4 is 20.3 Å². The fourth-order valence-corrected chi connectivity index (χ4v) is 5.78. The van der Waals surface area contributed by atoms with Crippen molar-refractivity contribution in [2.24, 2.45) is 5.92 Å². The van der Waals surface area contributed by atoms with E-state index in [2.05, 4.69) is 25.2 Å². The molecule has 1 aromatic carbocycles. The first-order valence-corrected chi connectivity index (χ1v) is 13.4. The fourth-order valence-electron chi connectivity index (χ4n) is 4.36. The Morgan fingerprint density at radius 3 is 2.61 bits per heavy atom. The smallest absolute Gasteiger partial charge is 0.280 e. The van der Waals surface area contributed by atoms with Gasteiger partial charge in [0.05, 0.1) is 5.02 Å². The Labute approximate surface area is 214 Å². The third-order valence-electron chi connectivity index (χ3n) is 6.53. The number of nitrogens with one attached hydrogen (secondary N) is 3. The Kier molecular flexibility index (Phi) is 8.08. The minimum Gasteiger partial charge on any atom is -0.357 e. The Morgan fingerprint density at radius 1 is 1.19 bits per heavy atom. The van der Waals surface area contributed by atoms with E-state index in [-0.39, 0.29) is 23.0 Å². The molecule has 0 radical (unpaired) electrons. The van der Waals surface area contributed by atoms with Crippen molar-refractivity contribution in [1.82, 2.24) is 19.3 Å². The molecule has 13 heteroatoms. The lowest BCUT2D eigenvalue weighted by atomic mass is 9.96. The topological polar surface area (TPSA) is 124 Å². The highest BCUT2D eigenvalue weighted by Crippen LogP contribution is 2.23. The predicted octanol–water partition coefficient (Wildman–Crippen LogP) is 1.75. The molecule has 1 aromatic heterocycles. The van der Waals surface area contributed by atoms with Crippen molar-refractivity contribution >= 4 is 45.1 Å². The largest absolute Gasteiger partial charge is 0.357 e. The first-order chi connectivity index (χ1) is 17.1. The zero-order valence-electron chi connectivity index (χ0n) is 19.7. The van der Waals surface area contributed by atoms with E-state index in [1.165, 1.54) is 19.2 Å². The molecule has 2 fully saturated rings. The van der Waals surface area contributed by atoms with E-state index in [1.54, 1.807) is 6.20 Å². The highest BCUT2D eigenvalue weighted by molar-refractivity contribution is 7.87. The number of hydrogen-bond acceptors (Lipinski definition) is 6. The molecule has 2 amide bonds. The summed E-state index contributed by atoms with van der Waals surface area (Å²) in [6, 6.07) is 7.18. The first-order valence-electron chi connectivity index (χ1n) is 11.6. The van der Waals surface area contributed by atoms with Crippen LogP contribution in [0, 0.1) is 11.7 Å². The van der Waals surface area contributed by atoms with Crippen LogP contribution in [-0.4, -0.2) is 68.3 Å². The van der Waals surface area contributed by atoms with Crippen molar-refractivity contribution in [3.63, 3.8) is 0 Å². The van der Waals surface area contributed by atoms with Gasteiger partial charge < -0.3 is 15.5 Å². The molecule has 2 atom stereocenters. The summed E-state index contributed by atoms with van der Waals surface area (Å²) in [7, 11) is -2.82. The molecule has 2 aliphatic heterocycles. The van der Waals surface area contributed by atoms with Crippen molar-refractivity contribution in [1.29, 1.82) is 0 Å². The van der Waals surface area contributed by atoms with Crippen LogP contribution in [0.25, 0.3) is 0 Å². The van der Waals surface area contributed by atoms with Gasteiger partial charge in [-0.25, -0.2) is 9.37 Å². The molecule has 0 aliphatic carbocycles. The number of piperidine rings is 1. The van der Waals surface area contributed by atoms with E-state index < -0.39 is 39.9 Å². The van der Waals surface area contributed by atoms with E-state index >= 15 is 0 Å². The second-order valence-corrected chi connectivity index (χ2v) is 11.1. The summed E-state index contributed by atoms with van der Waals surface area (Å²) < 4.78 is 41.9. The van der Waals surface area contributed by atoms with Crippen molar-refractivity contribution < 1.29 is 22.4 Å². The lowest BCUT2D eigenvalue weighted by Crippen LogP contribution is -2.62. The second kappa shape index (κ2) is 11.1. The highest BCUT2D eigenvalue weighted by atomic mass is 35.5. The Balaban J connectivity index is 1.33. The normalized spacial score (nSPS) is 22.7. The van der Waals surface area contributed by atoms with Gasteiger partial charge in [0.15, 0.2) is 0 Å². The van der Waals surface area contributed by atoms with Gasteiger partial charge in [-0.05, 0) is 55.5 Å². The van der Waals surface area contributed by atoms with E-state index in [1.807, 2.05) is 18.2 Å². The van der Waals surface area contributed by atoms with E-state index in [0.717, 1.165) is 42.1 Å². The quantitative estimate of drug-likeness (QED) is 0.515. The molecular weight excluding hydrogens is 511 g/mol. The third kappa shape index (κ3) is 6.12. The van der Waals surface area contributed by atoms with Gasteiger partial charge in [-0.1, -0.05) is 17.7 Å². The van der Waals surface area contributed by atoms with Crippen molar-refractivity contribution in [3.8, 4) is 0 Å². The van der Waals surface area contributed by atoms with Crippen LogP contribution in [0.2, 0.25) is 5.02 Å². The standard InChI is InChI=1S/C23H28ClFN6O4S/c1-30-20(23(33)28-16-5-6-18(25)17(24)12-16)13-19(29-36(30,34)35)22(32)27-14-15-7-10-31(11-8-15)21-4-2-3-9-26-21/h2-6,9,12,15,19-20,29H,7-8,10-11,13-14H2,1H3,(H,27,32)(H,28,33).